The molecule has 80 valence electrons. The molecule has 0 N–H and O–H groups in total. The van der Waals surface area contributed by atoms with Crippen LogP contribution >= 0.6 is 11.6 Å². The number of rotatable bonds is 3. The number of halogens is 1. The summed E-state index contributed by atoms with van der Waals surface area (Å²) >= 11 is 5.77. The van der Waals surface area contributed by atoms with E-state index in [9.17, 15) is 0 Å². The van der Waals surface area contributed by atoms with Crippen molar-refractivity contribution in [1.29, 1.82) is 0 Å². The van der Waals surface area contributed by atoms with Gasteiger partial charge in [-0.1, -0.05) is 34.0 Å². The minimum Gasteiger partial charge on any atom is -0.361 e. The summed E-state index contributed by atoms with van der Waals surface area (Å²) in [5.41, 5.74) is 9.76. The van der Waals surface area contributed by atoms with E-state index >= 15 is 0 Å². The normalized spacial score (nSPS) is 9.81. The number of nitrogens with zero attached hydrogens (tertiary/aromatic N) is 4. The van der Waals surface area contributed by atoms with Crippen molar-refractivity contribution in [3.63, 3.8) is 0 Å². The predicted molar refractivity (Wildman–Crippen MR) is 59.8 cm³/mol. The van der Waals surface area contributed by atoms with Gasteiger partial charge in [0.25, 0.3) is 0 Å². The molecular weight excluding hydrogens is 228 g/mol. The van der Waals surface area contributed by atoms with Gasteiger partial charge >= 0.3 is 0 Å². The Morgan fingerprint density at radius 2 is 2.12 bits per heavy atom. The van der Waals surface area contributed by atoms with Crippen molar-refractivity contribution in [1.82, 2.24) is 5.16 Å². The van der Waals surface area contributed by atoms with Crippen molar-refractivity contribution in [3.05, 3.63) is 51.6 Å². The van der Waals surface area contributed by atoms with Crippen molar-refractivity contribution >= 4 is 11.6 Å². The number of benzene rings is 1. The molecular formula is C10H7ClN4O. The van der Waals surface area contributed by atoms with Gasteiger partial charge in [0.15, 0.2) is 0 Å². The Balaban J connectivity index is 2.24. The van der Waals surface area contributed by atoms with Crippen LogP contribution in [0.5, 0.6) is 0 Å². The Morgan fingerprint density at radius 3 is 2.81 bits per heavy atom. The van der Waals surface area contributed by atoms with E-state index in [0.717, 1.165) is 5.56 Å². The van der Waals surface area contributed by atoms with Gasteiger partial charge in [-0.15, -0.1) is 0 Å². The van der Waals surface area contributed by atoms with E-state index in [1.165, 1.54) is 0 Å². The average molecular weight is 235 g/mol. The molecule has 0 fully saturated rings. The van der Waals surface area contributed by atoms with Crippen LogP contribution in [0.15, 0.2) is 40.0 Å². The topological polar surface area (TPSA) is 74.8 Å². The molecule has 1 aromatic heterocycles. The summed E-state index contributed by atoms with van der Waals surface area (Å²) in [6, 6.07) is 8.98. The summed E-state index contributed by atoms with van der Waals surface area (Å²) in [4.78, 5) is 2.64. The lowest BCUT2D eigenvalue weighted by Crippen LogP contribution is -1.75. The van der Waals surface area contributed by atoms with Crippen molar-refractivity contribution < 1.29 is 4.52 Å². The number of hydrogen-bond donors (Lipinski definition) is 0. The lowest BCUT2D eigenvalue weighted by molar-refractivity contribution is 0.387. The summed E-state index contributed by atoms with van der Waals surface area (Å²) in [5.74, 6) is 0.530. The number of aromatic nitrogens is 1. The third-order valence-corrected chi connectivity index (χ3v) is 2.24. The number of azide groups is 1. The van der Waals surface area contributed by atoms with Crippen LogP contribution in [0, 0.1) is 0 Å². The zero-order chi connectivity index (χ0) is 11.4. The van der Waals surface area contributed by atoms with Gasteiger partial charge in [-0.25, -0.2) is 0 Å². The quantitative estimate of drug-likeness (QED) is 0.460. The van der Waals surface area contributed by atoms with Crippen molar-refractivity contribution in [2.24, 2.45) is 5.11 Å². The highest BCUT2D eigenvalue weighted by molar-refractivity contribution is 6.30. The zero-order valence-electron chi connectivity index (χ0n) is 8.17. The van der Waals surface area contributed by atoms with Crippen LogP contribution in [-0.2, 0) is 6.54 Å². The molecule has 2 aromatic rings. The zero-order valence-corrected chi connectivity index (χ0v) is 8.92. The van der Waals surface area contributed by atoms with Crippen LogP contribution in [-0.4, -0.2) is 5.16 Å². The lowest BCUT2D eigenvalue weighted by atomic mass is 10.1. The lowest BCUT2D eigenvalue weighted by Gasteiger charge is -1.93. The Morgan fingerprint density at radius 1 is 1.38 bits per heavy atom. The molecule has 1 aromatic carbocycles. The summed E-state index contributed by atoms with van der Waals surface area (Å²) < 4.78 is 5.00. The van der Waals surface area contributed by atoms with Gasteiger partial charge in [0.1, 0.15) is 11.5 Å². The SMILES string of the molecule is [N-]=[N+]=NCc1cc(-c2ccc(Cl)cc2)no1. The van der Waals surface area contributed by atoms with Crippen LogP contribution in [0.4, 0.5) is 0 Å². The minimum atomic E-state index is 0.164. The molecule has 1 heterocycles. The van der Waals surface area contributed by atoms with E-state index in [0.29, 0.717) is 16.5 Å². The molecule has 0 bridgehead atoms. The van der Waals surface area contributed by atoms with E-state index in [-0.39, 0.29) is 6.54 Å². The molecule has 5 nitrogen and oxygen atoms in total. The second kappa shape index (κ2) is 4.70. The maximum absolute atomic E-state index is 8.16. The van der Waals surface area contributed by atoms with Crippen LogP contribution < -0.4 is 0 Å². The third kappa shape index (κ3) is 2.34. The minimum absolute atomic E-state index is 0.164. The maximum Gasteiger partial charge on any atom is 0.143 e. The fraction of sp³-hybridized carbons (Fsp3) is 0.100. The van der Waals surface area contributed by atoms with E-state index in [1.54, 1.807) is 18.2 Å². The summed E-state index contributed by atoms with van der Waals surface area (Å²) in [6.07, 6.45) is 0. The highest BCUT2D eigenvalue weighted by atomic mass is 35.5. The first-order valence-corrected chi connectivity index (χ1v) is 4.90. The van der Waals surface area contributed by atoms with Gasteiger partial charge in [0.05, 0.1) is 6.54 Å². The van der Waals surface area contributed by atoms with Gasteiger partial charge in [0.2, 0.25) is 0 Å². The van der Waals surface area contributed by atoms with Crippen LogP contribution in [0.1, 0.15) is 5.76 Å². The molecule has 0 saturated carbocycles. The van der Waals surface area contributed by atoms with Crippen LogP contribution in [0.25, 0.3) is 21.7 Å². The van der Waals surface area contributed by atoms with Crippen molar-refractivity contribution in [2.45, 2.75) is 6.54 Å². The van der Waals surface area contributed by atoms with Crippen molar-refractivity contribution in [2.75, 3.05) is 0 Å². The molecule has 0 saturated heterocycles. The van der Waals surface area contributed by atoms with E-state index in [1.807, 2.05) is 12.1 Å². The highest BCUT2D eigenvalue weighted by Crippen LogP contribution is 2.21. The Labute approximate surface area is 96.3 Å². The maximum atomic E-state index is 8.16. The van der Waals surface area contributed by atoms with Gasteiger partial charge in [-0.2, -0.15) is 0 Å². The molecule has 16 heavy (non-hydrogen) atoms. The van der Waals surface area contributed by atoms with Crippen molar-refractivity contribution in [3.8, 4) is 11.3 Å². The van der Waals surface area contributed by atoms with E-state index < -0.39 is 0 Å². The first-order valence-electron chi connectivity index (χ1n) is 4.52. The molecule has 0 spiro atoms. The van der Waals surface area contributed by atoms with E-state index in [4.69, 9.17) is 21.7 Å². The monoisotopic (exact) mass is 234 g/mol. The Bertz CT molecular complexity index is 528. The molecule has 0 amide bonds. The fourth-order valence-corrected chi connectivity index (χ4v) is 1.37. The molecule has 6 heteroatoms. The number of hydrogen-bond acceptors (Lipinski definition) is 3. The largest absolute Gasteiger partial charge is 0.361 e. The van der Waals surface area contributed by atoms with Gasteiger partial charge in [0, 0.05) is 21.6 Å². The smallest absolute Gasteiger partial charge is 0.143 e. The third-order valence-electron chi connectivity index (χ3n) is 1.99. The molecule has 0 aliphatic carbocycles. The highest BCUT2D eigenvalue weighted by Gasteiger charge is 2.05. The summed E-state index contributed by atoms with van der Waals surface area (Å²) in [5, 5.41) is 7.92. The van der Waals surface area contributed by atoms with E-state index in [2.05, 4.69) is 15.2 Å². The van der Waals surface area contributed by atoms with Gasteiger partial charge < -0.3 is 4.52 Å². The predicted octanol–water partition coefficient (Wildman–Crippen LogP) is 3.81. The molecule has 2 rings (SSSR count). The standard InChI is InChI=1S/C10H7ClN4O/c11-8-3-1-7(2-4-8)10-5-9(16-14-10)6-13-15-12/h1-5H,6H2. The van der Waals surface area contributed by atoms with Crippen LogP contribution in [0.2, 0.25) is 5.02 Å². The first-order chi connectivity index (χ1) is 7.79. The van der Waals surface area contributed by atoms with Crippen LogP contribution in [0.3, 0.4) is 0 Å². The molecule has 0 radical (unpaired) electrons. The van der Waals surface area contributed by atoms with Gasteiger partial charge in [-0.05, 0) is 17.7 Å². The molecule has 0 aliphatic rings. The average Bonchev–Trinajstić information content (AvgIpc) is 2.76. The molecule has 0 aliphatic heterocycles. The second-order valence-corrected chi connectivity index (χ2v) is 3.51. The Hall–Kier alpha value is -1.97. The summed E-state index contributed by atoms with van der Waals surface area (Å²) in [6.45, 7) is 0.164. The summed E-state index contributed by atoms with van der Waals surface area (Å²) in [7, 11) is 0. The Kier molecular flexibility index (Phi) is 3.10. The molecule has 0 unspecified atom stereocenters. The fourth-order valence-electron chi connectivity index (χ4n) is 1.25. The second-order valence-electron chi connectivity index (χ2n) is 3.07. The van der Waals surface area contributed by atoms with Gasteiger partial charge in [-0.3, -0.25) is 0 Å². The molecule has 0 atom stereocenters. The first kappa shape index (κ1) is 10.5.